The SMILES string of the molecule is C[C@@]1(C(=O)Nc2ccc(F)c(-c3nnc4n3CCCCC4)c2)CC1(Cl)Cl. The predicted octanol–water partition coefficient (Wildman–Crippen LogP) is 4.33. The zero-order valence-electron chi connectivity index (χ0n) is 14.4. The van der Waals surface area contributed by atoms with Crippen LogP contribution in [0.25, 0.3) is 11.4 Å². The van der Waals surface area contributed by atoms with Gasteiger partial charge in [-0.25, -0.2) is 4.39 Å². The van der Waals surface area contributed by atoms with Gasteiger partial charge in [-0.05, 0) is 44.4 Å². The minimum Gasteiger partial charge on any atom is -0.325 e. The summed E-state index contributed by atoms with van der Waals surface area (Å²) in [5.41, 5.74) is -0.0293. The molecule has 8 heteroatoms. The molecule has 0 bridgehead atoms. The van der Waals surface area contributed by atoms with E-state index >= 15 is 0 Å². The zero-order chi connectivity index (χ0) is 18.5. The van der Waals surface area contributed by atoms with Gasteiger partial charge in [0.2, 0.25) is 5.91 Å². The van der Waals surface area contributed by atoms with Crippen molar-refractivity contribution in [3.8, 4) is 11.4 Å². The monoisotopic (exact) mass is 396 g/mol. The molecule has 1 aliphatic heterocycles. The molecule has 1 aliphatic carbocycles. The number of carbonyl (C=O) groups is 1. The van der Waals surface area contributed by atoms with Crippen molar-refractivity contribution in [2.75, 3.05) is 5.32 Å². The van der Waals surface area contributed by atoms with Crippen LogP contribution in [0.5, 0.6) is 0 Å². The lowest BCUT2D eigenvalue weighted by molar-refractivity contribution is -0.120. The van der Waals surface area contributed by atoms with Crippen LogP contribution in [0.1, 0.15) is 38.4 Å². The maximum Gasteiger partial charge on any atom is 0.233 e. The molecule has 1 atom stereocenters. The zero-order valence-corrected chi connectivity index (χ0v) is 15.9. The van der Waals surface area contributed by atoms with Gasteiger partial charge in [0.15, 0.2) is 5.82 Å². The van der Waals surface area contributed by atoms with E-state index in [0.717, 1.165) is 38.1 Å². The standard InChI is InChI=1S/C18H19Cl2FN4O/c1-17(10-18(17,19)20)16(26)22-11-6-7-13(21)12(9-11)15-24-23-14-5-3-2-4-8-25(14)15/h6-7,9H,2-5,8,10H2,1H3,(H,22,26)/t17-/m0/s1. The highest BCUT2D eigenvalue weighted by Crippen LogP contribution is 2.64. The first kappa shape index (κ1) is 17.7. The maximum absolute atomic E-state index is 14.5. The summed E-state index contributed by atoms with van der Waals surface area (Å²) >= 11 is 12.1. The van der Waals surface area contributed by atoms with Crippen LogP contribution in [-0.4, -0.2) is 25.0 Å². The molecular formula is C18H19Cl2FN4O. The van der Waals surface area contributed by atoms with E-state index in [1.165, 1.54) is 12.1 Å². The molecule has 0 spiro atoms. The molecule has 1 aromatic heterocycles. The van der Waals surface area contributed by atoms with E-state index in [2.05, 4.69) is 15.5 Å². The van der Waals surface area contributed by atoms with Gasteiger partial charge in [0, 0.05) is 18.7 Å². The molecule has 26 heavy (non-hydrogen) atoms. The number of hydrogen-bond donors (Lipinski definition) is 1. The number of nitrogens with one attached hydrogen (secondary N) is 1. The Morgan fingerprint density at radius 1 is 1.27 bits per heavy atom. The summed E-state index contributed by atoms with van der Waals surface area (Å²) < 4.78 is 15.4. The second-order valence-electron chi connectivity index (χ2n) is 7.26. The number of nitrogens with zero attached hydrogens (tertiary/aromatic N) is 3. The van der Waals surface area contributed by atoms with Gasteiger partial charge in [-0.1, -0.05) is 6.42 Å². The number of halogens is 3. The number of aryl methyl sites for hydroxylation is 1. The number of rotatable bonds is 3. The number of hydrogen-bond acceptors (Lipinski definition) is 3. The number of alkyl halides is 2. The number of amides is 1. The molecule has 1 fully saturated rings. The first-order valence-electron chi connectivity index (χ1n) is 8.73. The van der Waals surface area contributed by atoms with Crippen LogP contribution in [-0.2, 0) is 17.8 Å². The number of anilines is 1. The summed E-state index contributed by atoms with van der Waals surface area (Å²) in [5, 5.41) is 11.2. The predicted molar refractivity (Wildman–Crippen MR) is 98.8 cm³/mol. The van der Waals surface area contributed by atoms with Crippen molar-refractivity contribution < 1.29 is 9.18 Å². The van der Waals surface area contributed by atoms with Crippen LogP contribution in [0.3, 0.4) is 0 Å². The fourth-order valence-corrected chi connectivity index (χ4v) is 4.08. The molecule has 1 aromatic carbocycles. The van der Waals surface area contributed by atoms with Gasteiger partial charge in [-0.15, -0.1) is 33.4 Å². The molecule has 138 valence electrons. The van der Waals surface area contributed by atoms with Crippen LogP contribution in [0, 0.1) is 11.2 Å². The Kier molecular flexibility index (Phi) is 4.23. The minimum absolute atomic E-state index is 0.278. The Hall–Kier alpha value is -1.66. The highest BCUT2D eigenvalue weighted by molar-refractivity contribution is 6.53. The fourth-order valence-electron chi connectivity index (χ4n) is 3.37. The van der Waals surface area contributed by atoms with Gasteiger partial charge >= 0.3 is 0 Å². The van der Waals surface area contributed by atoms with Crippen molar-refractivity contribution in [3.05, 3.63) is 29.8 Å². The number of fused-ring (bicyclic) bond motifs is 1. The number of carbonyl (C=O) groups excluding carboxylic acids is 1. The maximum atomic E-state index is 14.5. The molecule has 1 amide bonds. The Bertz CT molecular complexity index is 882. The third-order valence-electron chi connectivity index (χ3n) is 5.33. The molecule has 5 nitrogen and oxygen atoms in total. The second-order valence-corrected chi connectivity index (χ2v) is 8.75. The summed E-state index contributed by atoms with van der Waals surface area (Å²) in [4.78, 5) is 12.5. The van der Waals surface area contributed by atoms with Crippen LogP contribution >= 0.6 is 23.2 Å². The first-order chi connectivity index (χ1) is 12.3. The molecule has 2 heterocycles. The van der Waals surface area contributed by atoms with Crippen LogP contribution in [0.4, 0.5) is 10.1 Å². The Morgan fingerprint density at radius 2 is 2.04 bits per heavy atom. The number of aromatic nitrogens is 3. The van der Waals surface area contributed by atoms with Crippen molar-refractivity contribution in [2.24, 2.45) is 5.41 Å². The molecule has 0 saturated heterocycles. The van der Waals surface area contributed by atoms with Crippen molar-refractivity contribution in [1.29, 1.82) is 0 Å². The van der Waals surface area contributed by atoms with E-state index in [9.17, 15) is 9.18 Å². The largest absolute Gasteiger partial charge is 0.325 e. The molecule has 1 N–H and O–H groups in total. The van der Waals surface area contributed by atoms with Gasteiger partial charge in [-0.2, -0.15) is 0 Å². The summed E-state index contributed by atoms with van der Waals surface area (Å²) in [6.07, 6.45) is 4.44. The first-order valence-corrected chi connectivity index (χ1v) is 9.49. The van der Waals surface area contributed by atoms with E-state index in [0.29, 0.717) is 23.5 Å². The van der Waals surface area contributed by atoms with Crippen LogP contribution in [0.2, 0.25) is 0 Å². The van der Waals surface area contributed by atoms with Gasteiger partial charge < -0.3 is 9.88 Å². The lowest BCUT2D eigenvalue weighted by atomic mass is 10.1. The Labute approximate surface area is 160 Å². The molecule has 2 aromatic rings. The Balaban J connectivity index is 1.64. The van der Waals surface area contributed by atoms with Gasteiger partial charge in [-0.3, -0.25) is 4.79 Å². The van der Waals surface area contributed by atoms with Crippen molar-refractivity contribution >= 4 is 34.8 Å². The van der Waals surface area contributed by atoms with Crippen LogP contribution in [0.15, 0.2) is 18.2 Å². The average Bonchev–Trinajstić information content (AvgIpc) is 3.02. The summed E-state index contributed by atoms with van der Waals surface area (Å²) in [6.45, 7) is 2.48. The third-order valence-corrected chi connectivity index (χ3v) is 6.44. The van der Waals surface area contributed by atoms with Crippen LogP contribution < -0.4 is 5.32 Å². The normalized spacial score (nSPS) is 23.8. The fraction of sp³-hybridized carbons (Fsp3) is 0.500. The van der Waals surface area contributed by atoms with E-state index < -0.39 is 15.6 Å². The average molecular weight is 397 g/mol. The topological polar surface area (TPSA) is 59.8 Å². The summed E-state index contributed by atoms with van der Waals surface area (Å²) in [5.74, 6) is 0.701. The Morgan fingerprint density at radius 3 is 2.77 bits per heavy atom. The summed E-state index contributed by atoms with van der Waals surface area (Å²) in [6, 6.07) is 4.44. The van der Waals surface area contributed by atoms with Crippen molar-refractivity contribution in [3.63, 3.8) is 0 Å². The van der Waals surface area contributed by atoms with Crippen molar-refractivity contribution in [2.45, 2.75) is 49.9 Å². The highest BCUT2D eigenvalue weighted by Gasteiger charge is 2.67. The van der Waals surface area contributed by atoms with E-state index in [1.54, 1.807) is 13.0 Å². The second kappa shape index (κ2) is 6.20. The number of benzene rings is 1. The van der Waals surface area contributed by atoms with Gasteiger partial charge in [0.05, 0.1) is 11.0 Å². The lowest BCUT2D eigenvalue weighted by Gasteiger charge is -2.14. The molecule has 4 rings (SSSR count). The van der Waals surface area contributed by atoms with Crippen molar-refractivity contribution in [1.82, 2.24) is 14.8 Å². The highest BCUT2D eigenvalue weighted by atomic mass is 35.5. The minimum atomic E-state index is -1.05. The van der Waals surface area contributed by atoms with E-state index in [4.69, 9.17) is 23.2 Å². The lowest BCUT2D eigenvalue weighted by Crippen LogP contribution is -2.26. The molecule has 0 radical (unpaired) electrons. The molecule has 1 saturated carbocycles. The molecule has 2 aliphatic rings. The molecule has 0 unspecified atom stereocenters. The smallest absolute Gasteiger partial charge is 0.233 e. The van der Waals surface area contributed by atoms with E-state index in [1.807, 2.05) is 4.57 Å². The van der Waals surface area contributed by atoms with Gasteiger partial charge in [0.1, 0.15) is 16.0 Å². The summed E-state index contributed by atoms with van der Waals surface area (Å²) in [7, 11) is 0. The quantitative estimate of drug-likeness (QED) is 0.785. The van der Waals surface area contributed by atoms with Gasteiger partial charge in [0.25, 0.3) is 0 Å². The van der Waals surface area contributed by atoms with E-state index in [-0.39, 0.29) is 5.91 Å². The molecular weight excluding hydrogens is 378 g/mol. The third kappa shape index (κ3) is 2.89.